The molecule has 1 aromatic carbocycles. The highest BCUT2D eigenvalue weighted by Gasteiger charge is 2.29. The molecule has 0 spiro atoms. The lowest BCUT2D eigenvalue weighted by molar-refractivity contribution is 0.00758. The Morgan fingerprint density at radius 1 is 1.19 bits per heavy atom. The van der Waals surface area contributed by atoms with Gasteiger partial charge < -0.3 is 28.7 Å². The number of hydrogen-bond acceptors (Lipinski definition) is 7. The number of aliphatic hydroxyl groups is 1. The maximum atomic E-state index is 12.3. The number of fused-ring (bicyclic) bond motifs is 1. The number of piperidine rings is 1. The summed E-state index contributed by atoms with van der Waals surface area (Å²) in [5.74, 6) is 1.36. The summed E-state index contributed by atoms with van der Waals surface area (Å²) in [6.45, 7) is 7.42. The van der Waals surface area contributed by atoms with E-state index in [0.717, 1.165) is 38.5 Å². The first-order chi connectivity index (χ1) is 15.3. The Hall–Kier alpha value is -2.48. The van der Waals surface area contributed by atoms with Gasteiger partial charge in [0.2, 0.25) is 0 Å². The van der Waals surface area contributed by atoms with Gasteiger partial charge in [-0.05, 0) is 76.1 Å². The van der Waals surface area contributed by atoms with E-state index in [-0.39, 0.29) is 12.2 Å². The van der Waals surface area contributed by atoms with Crippen LogP contribution in [0.5, 0.6) is 11.6 Å². The van der Waals surface area contributed by atoms with Crippen molar-refractivity contribution in [2.45, 2.75) is 77.1 Å². The lowest BCUT2D eigenvalue weighted by atomic mass is 9.95. The van der Waals surface area contributed by atoms with Crippen molar-refractivity contribution in [1.82, 2.24) is 10.1 Å². The maximum Gasteiger partial charge on any atom is 0.410 e. The molecule has 4 rings (SSSR count). The van der Waals surface area contributed by atoms with Crippen molar-refractivity contribution in [3.8, 4) is 11.6 Å². The highest BCUT2D eigenvalue weighted by atomic mass is 16.6. The van der Waals surface area contributed by atoms with E-state index in [0.29, 0.717) is 48.2 Å². The van der Waals surface area contributed by atoms with Crippen molar-refractivity contribution in [3.63, 3.8) is 0 Å². The van der Waals surface area contributed by atoms with Gasteiger partial charge in [0.05, 0.1) is 12.7 Å². The van der Waals surface area contributed by atoms with E-state index < -0.39 is 11.7 Å². The SMILES string of the molecule is CC(C)(C)OC(=O)N1CCC(COc2noc3cccc(O[C@H]4CCCC[C@H]4O)c23)CC1. The molecule has 1 aliphatic heterocycles. The second kappa shape index (κ2) is 9.57. The van der Waals surface area contributed by atoms with Crippen molar-refractivity contribution < 1.29 is 28.6 Å². The van der Waals surface area contributed by atoms with Crippen LogP contribution in [0.1, 0.15) is 59.3 Å². The quantitative estimate of drug-likeness (QED) is 0.721. The molecule has 32 heavy (non-hydrogen) atoms. The topological polar surface area (TPSA) is 94.3 Å². The van der Waals surface area contributed by atoms with Crippen LogP contribution < -0.4 is 9.47 Å². The Kier molecular flexibility index (Phi) is 6.79. The van der Waals surface area contributed by atoms with E-state index in [4.69, 9.17) is 18.7 Å². The molecule has 1 saturated carbocycles. The number of rotatable bonds is 5. The van der Waals surface area contributed by atoms with E-state index in [1.165, 1.54) is 0 Å². The van der Waals surface area contributed by atoms with Gasteiger partial charge in [-0.25, -0.2) is 4.79 Å². The van der Waals surface area contributed by atoms with Crippen LogP contribution in [0.2, 0.25) is 0 Å². The normalized spacial score (nSPS) is 22.7. The number of carbonyl (C=O) groups is 1. The summed E-state index contributed by atoms with van der Waals surface area (Å²) in [4.78, 5) is 14.0. The minimum Gasteiger partial charge on any atom is -0.487 e. The predicted molar refractivity (Wildman–Crippen MR) is 119 cm³/mol. The molecule has 2 aliphatic rings. The Morgan fingerprint density at radius 3 is 2.66 bits per heavy atom. The number of aliphatic hydroxyl groups excluding tert-OH is 1. The van der Waals surface area contributed by atoms with E-state index in [9.17, 15) is 9.90 Å². The molecule has 1 amide bonds. The van der Waals surface area contributed by atoms with Crippen LogP contribution in [0, 0.1) is 5.92 Å². The fourth-order valence-corrected chi connectivity index (χ4v) is 4.31. The molecule has 2 atom stereocenters. The average Bonchev–Trinajstić information content (AvgIpc) is 3.17. The zero-order valence-electron chi connectivity index (χ0n) is 19.2. The monoisotopic (exact) mass is 446 g/mol. The molecule has 8 nitrogen and oxygen atoms in total. The Bertz CT molecular complexity index is 913. The van der Waals surface area contributed by atoms with Crippen LogP contribution in [-0.4, -0.2) is 58.8 Å². The maximum absolute atomic E-state index is 12.3. The molecule has 1 aromatic heterocycles. The third-order valence-corrected chi connectivity index (χ3v) is 6.10. The van der Waals surface area contributed by atoms with Crippen LogP contribution >= 0.6 is 0 Å². The van der Waals surface area contributed by atoms with Gasteiger partial charge in [-0.15, -0.1) is 0 Å². The van der Waals surface area contributed by atoms with E-state index in [1.54, 1.807) is 4.90 Å². The number of amides is 1. The number of likely N-dealkylation sites (tertiary alicyclic amines) is 1. The smallest absolute Gasteiger partial charge is 0.410 e. The summed E-state index contributed by atoms with van der Waals surface area (Å²) < 4.78 is 23.1. The first kappa shape index (κ1) is 22.7. The summed E-state index contributed by atoms with van der Waals surface area (Å²) in [6.07, 6.45) is 4.40. The fraction of sp³-hybridized carbons (Fsp3) is 0.667. The predicted octanol–water partition coefficient (Wildman–Crippen LogP) is 4.54. The fourth-order valence-electron chi connectivity index (χ4n) is 4.31. The molecule has 1 aliphatic carbocycles. The summed E-state index contributed by atoms with van der Waals surface area (Å²) in [6, 6.07) is 5.56. The summed E-state index contributed by atoms with van der Waals surface area (Å²) in [5, 5.41) is 15.1. The van der Waals surface area contributed by atoms with Crippen LogP contribution in [0.25, 0.3) is 11.0 Å². The number of ether oxygens (including phenoxy) is 3. The van der Waals surface area contributed by atoms with Crippen molar-refractivity contribution in [2.75, 3.05) is 19.7 Å². The van der Waals surface area contributed by atoms with Crippen molar-refractivity contribution in [2.24, 2.45) is 5.92 Å². The van der Waals surface area contributed by atoms with Crippen LogP contribution in [0.3, 0.4) is 0 Å². The lowest BCUT2D eigenvalue weighted by Crippen LogP contribution is -2.42. The van der Waals surface area contributed by atoms with Gasteiger partial charge in [0, 0.05) is 13.1 Å². The highest BCUT2D eigenvalue weighted by Crippen LogP contribution is 2.36. The molecule has 0 radical (unpaired) electrons. The third-order valence-electron chi connectivity index (χ3n) is 6.10. The van der Waals surface area contributed by atoms with E-state index >= 15 is 0 Å². The molecule has 2 fully saturated rings. The minimum atomic E-state index is -0.488. The molecule has 0 unspecified atom stereocenters. The first-order valence-electron chi connectivity index (χ1n) is 11.6. The highest BCUT2D eigenvalue weighted by molar-refractivity contribution is 5.88. The largest absolute Gasteiger partial charge is 0.487 e. The molecule has 8 heteroatoms. The number of nitrogens with zero attached hydrogens (tertiary/aromatic N) is 2. The molecule has 0 bridgehead atoms. The van der Waals surface area contributed by atoms with Gasteiger partial charge in [0.1, 0.15) is 22.8 Å². The second-order valence-electron chi connectivity index (χ2n) is 9.85. The van der Waals surface area contributed by atoms with Gasteiger partial charge in [0.25, 0.3) is 5.88 Å². The summed E-state index contributed by atoms with van der Waals surface area (Å²) in [7, 11) is 0. The zero-order chi connectivity index (χ0) is 22.7. The number of aromatic nitrogens is 1. The molecular formula is C24H34N2O6. The average molecular weight is 447 g/mol. The summed E-state index contributed by atoms with van der Waals surface area (Å²) >= 11 is 0. The van der Waals surface area contributed by atoms with Crippen LogP contribution in [0.4, 0.5) is 4.79 Å². The van der Waals surface area contributed by atoms with Crippen molar-refractivity contribution in [1.29, 1.82) is 0 Å². The first-order valence-corrected chi connectivity index (χ1v) is 11.6. The van der Waals surface area contributed by atoms with E-state index in [1.807, 2.05) is 39.0 Å². The Balaban J connectivity index is 1.36. The van der Waals surface area contributed by atoms with Gasteiger partial charge in [-0.3, -0.25) is 0 Å². The molecular weight excluding hydrogens is 412 g/mol. The minimum absolute atomic E-state index is 0.228. The standard InChI is InChI=1S/C24H34N2O6/c1-24(2,3)31-23(28)26-13-11-16(12-14-26)15-29-22-21-19(9-6-10-20(21)32-25-22)30-18-8-5-4-7-17(18)27/h6,9-10,16-18,27H,4-5,7-8,11-15H2,1-3H3/t17-,18+/m1/s1. The zero-order valence-corrected chi connectivity index (χ0v) is 19.2. The second-order valence-corrected chi connectivity index (χ2v) is 9.85. The van der Waals surface area contributed by atoms with Crippen molar-refractivity contribution >= 4 is 17.1 Å². The van der Waals surface area contributed by atoms with Gasteiger partial charge in [-0.2, -0.15) is 0 Å². The Labute approximate surface area is 188 Å². The Morgan fingerprint density at radius 2 is 1.94 bits per heavy atom. The van der Waals surface area contributed by atoms with Gasteiger partial charge in [-0.1, -0.05) is 12.5 Å². The van der Waals surface area contributed by atoms with Gasteiger partial charge in [0.15, 0.2) is 5.58 Å². The lowest BCUT2D eigenvalue weighted by Gasteiger charge is -2.33. The molecule has 2 aromatic rings. The van der Waals surface area contributed by atoms with Crippen LogP contribution in [0.15, 0.2) is 22.7 Å². The van der Waals surface area contributed by atoms with Gasteiger partial charge >= 0.3 is 6.09 Å². The molecule has 1 N–H and O–H groups in total. The molecule has 176 valence electrons. The van der Waals surface area contributed by atoms with E-state index in [2.05, 4.69) is 5.16 Å². The molecule has 2 heterocycles. The van der Waals surface area contributed by atoms with Crippen LogP contribution in [-0.2, 0) is 4.74 Å². The third kappa shape index (κ3) is 5.46. The number of benzene rings is 1. The number of carbonyl (C=O) groups excluding carboxylic acids is 1. The summed E-state index contributed by atoms with van der Waals surface area (Å²) in [5.41, 5.74) is 0.112. The van der Waals surface area contributed by atoms with Crippen molar-refractivity contribution in [3.05, 3.63) is 18.2 Å². The number of hydrogen-bond donors (Lipinski definition) is 1. The molecule has 1 saturated heterocycles.